The monoisotopic (exact) mass is 312 g/mol. The molecule has 3 amide bonds. The first-order valence-corrected chi connectivity index (χ1v) is 8.28. The van der Waals surface area contributed by atoms with E-state index in [4.69, 9.17) is 5.73 Å². The molecule has 22 heavy (non-hydrogen) atoms. The number of rotatable bonds is 5. The van der Waals surface area contributed by atoms with Crippen molar-refractivity contribution in [2.24, 2.45) is 11.7 Å². The number of piperazine rings is 1. The van der Waals surface area contributed by atoms with Gasteiger partial charge in [-0.05, 0) is 18.8 Å². The molecule has 7 heteroatoms. The molecule has 0 bridgehead atoms. The molecule has 1 saturated heterocycles. The van der Waals surface area contributed by atoms with E-state index in [1.165, 1.54) is 32.1 Å². The van der Waals surface area contributed by atoms with Crippen LogP contribution in [-0.2, 0) is 4.79 Å². The minimum absolute atomic E-state index is 0.251. The molecule has 0 aromatic carbocycles. The highest BCUT2D eigenvalue weighted by Gasteiger charge is 2.28. The Hall–Kier alpha value is -1.34. The molecule has 1 heterocycles. The first kappa shape index (κ1) is 17.0. The minimum Gasteiger partial charge on any atom is -0.394 e. The number of carbonyl (C=O) groups is 2. The third-order valence-electron chi connectivity index (χ3n) is 4.72. The lowest BCUT2D eigenvalue weighted by Gasteiger charge is -2.38. The number of aliphatic hydroxyl groups excluding tert-OH is 1. The summed E-state index contributed by atoms with van der Waals surface area (Å²) in [7, 11) is 0. The van der Waals surface area contributed by atoms with Crippen LogP contribution in [0.3, 0.4) is 0 Å². The van der Waals surface area contributed by atoms with Crippen LogP contribution in [0.15, 0.2) is 0 Å². The standard InChI is InChI=1S/C15H28N4O3/c16-15(22)17-13(11-20)14(21)19-8-6-18(7-9-19)10-12-4-2-1-3-5-12/h12-13,20H,1-11H2,(H3,16,17,22)/t13-/m1/s1. The zero-order valence-electron chi connectivity index (χ0n) is 13.2. The molecule has 126 valence electrons. The van der Waals surface area contributed by atoms with Crippen LogP contribution < -0.4 is 11.1 Å². The summed E-state index contributed by atoms with van der Waals surface area (Å²) < 4.78 is 0. The first-order chi connectivity index (χ1) is 10.6. The zero-order valence-corrected chi connectivity index (χ0v) is 13.2. The first-order valence-electron chi connectivity index (χ1n) is 8.28. The summed E-state index contributed by atoms with van der Waals surface area (Å²) in [4.78, 5) is 27.2. The van der Waals surface area contributed by atoms with Gasteiger partial charge in [0.2, 0.25) is 5.91 Å². The Morgan fingerprint density at radius 1 is 1.14 bits per heavy atom. The smallest absolute Gasteiger partial charge is 0.312 e. The van der Waals surface area contributed by atoms with E-state index in [0.29, 0.717) is 13.1 Å². The van der Waals surface area contributed by atoms with E-state index >= 15 is 0 Å². The fourth-order valence-corrected chi connectivity index (χ4v) is 3.46. The minimum atomic E-state index is -0.928. The molecule has 1 saturated carbocycles. The van der Waals surface area contributed by atoms with Crippen LogP contribution in [-0.4, -0.2) is 72.2 Å². The highest BCUT2D eigenvalue weighted by molar-refractivity contribution is 5.86. The largest absolute Gasteiger partial charge is 0.394 e. The van der Waals surface area contributed by atoms with Crippen molar-refractivity contribution in [2.45, 2.75) is 38.1 Å². The Kier molecular flexibility index (Phi) is 6.45. The van der Waals surface area contributed by atoms with E-state index in [1.807, 2.05) is 0 Å². The summed E-state index contributed by atoms with van der Waals surface area (Å²) >= 11 is 0. The number of nitrogens with zero attached hydrogens (tertiary/aromatic N) is 2. The molecule has 0 aromatic rings. The van der Waals surface area contributed by atoms with Crippen molar-refractivity contribution in [3.8, 4) is 0 Å². The fraction of sp³-hybridized carbons (Fsp3) is 0.867. The second-order valence-corrected chi connectivity index (χ2v) is 6.37. The number of nitrogens with one attached hydrogen (secondary N) is 1. The molecule has 0 unspecified atom stereocenters. The Bertz CT molecular complexity index is 377. The second-order valence-electron chi connectivity index (χ2n) is 6.37. The van der Waals surface area contributed by atoms with Gasteiger partial charge in [-0.25, -0.2) is 4.79 Å². The van der Waals surface area contributed by atoms with Crippen LogP contribution in [0.5, 0.6) is 0 Å². The highest BCUT2D eigenvalue weighted by atomic mass is 16.3. The molecule has 7 nitrogen and oxygen atoms in total. The summed E-state index contributed by atoms with van der Waals surface area (Å²) in [6, 6.07) is -1.72. The molecule has 1 aliphatic carbocycles. The van der Waals surface area contributed by atoms with Crippen molar-refractivity contribution in [1.29, 1.82) is 0 Å². The van der Waals surface area contributed by atoms with Gasteiger partial charge in [-0.2, -0.15) is 0 Å². The number of nitrogens with two attached hydrogens (primary N) is 1. The summed E-state index contributed by atoms with van der Waals surface area (Å²) in [5.74, 6) is 0.552. The van der Waals surface area contributed by atoms with E-state index in [2.05, 4.69) is 10.2 Å². The van der Waals surface area contributed by atoms with Gasteiger partial charge in [0.05, 0.1) is 6.61 Å². The fourth-order valence-electron chi connectivity index (χ4n) is 3.46. The number of amides is 3. The maximum atomic E-state index is 12.2. The van der Waals surface area contributed by atoms with Crippen LogP contribution in [0.25, 0.3) is 0 Å². The lowest BCUT2D eigenvalue weighted by molar-refractivity contribution is -0.136. The van der Waals surface area contributed by atoms with Gasteiger partial charge < -0.3 is 21.1 Å². The quantitative estimate of drug-likeness (QED) is 0.651. The second kappa shape index (κ2) is 8.33. The van der Waals surface area contributed by atoms with Crippen LogP contribution in [0.4, 0.5) is 4.79 Å². The highest BCUT2D eigenvalue weighted by Crippen LogP contribution is 2.24. The van der Waals surface area contributed by atoms with E-state index in [0.717, 1.165) is 25.6 Å². The number of urea groups is 1. The maximum absolute atomic E-state index is 12.2. The normalized spacial score (nSPS) is 22.3. The van der Waals surface area contributed by atoms with Crippen LogP contribution in [0.1, 0.15) is 32.1 Å². The zero-order chi connectivity index (χ0) is 15.9. The lowest BCUT2D eigenvalue weighted by atomic mass is 9.89. The van der Waals surface area contributed by atoms with Crippen molar-refractivity contribution in [3.63, 3.8) is 0 Å². The van der Waals surface area contributed by atoms with Crippen molar-refractivity contribution in [2.75, 3.05) is 39.3 Å². The Balaban J connectivity index is 1.75. The Labute approximate surface area is 131 Å². The van der Waals surface area contributed by atoms with Gasteiger partial charge in [0, 0.05) is 32.7 Å². The SMILES string of the molecule is NC(=O)N[C@H](CO)C(=O)N1CCN(CC2CCCCC2)CC1. The molecule has 2 fully saturated rings. The predicted molar refractivity (Wildman–Crippen MR) is 83.2 cm³/mol. The molecule has 0 spiro atoms. The topological polar surface area (TPSA) is 98.9 Å². The van der Waals surface area contributed by atoms with Crippen molar-refractivity contribution >= 4 is 11.9 Å². The molecule has 1 atom stereocenters. The van der Waals surface area contributed by atoms with Crippen LogP contribution >= 0.6 is 0 Å². The Morgan fingerprint density at radius 3 is 2.32 bits per heavy atom. The molecular weight excluding hydrogens is 284 g/mol. The molecule has 2 aliphatic rings. The molecule has 0 radical (unpaired) electrons. The van der Waals surface area contributed by atoms with Gasteiger partial charge in [0.1, 0.15) is 6.04 Å². The molecule has 1 aliphatic heterocycles. The number of carbonyl (C=O) groups excluding carboxylic acids is 2. The van der Waals surface area contributed by atoms with E-state index in [9.17, 15) is 14.7 Å². The van der Waals surface area contributed by atoms with Gasteiger partial charge >= 0.3 is 6.03 Å². The average Bonchev–Trinajstić information content (AvgIpc) is 2.53. The number of hydrogen-bond donors (Lipinski definition) is 3. The number of aliphatic hydroxyl groups is 1. The summed E-state index contributed by atoms with van der Waals surface area (Å²) in [5.41, 5.74) is 5.02. The van der Waals surface area contributed by atoms with Crippen LogP contribution in [0.2, 0.25) is 0 Å². The summed E-state index contributed by atoms with van der Waals surface area (Å²) in [6.45, 7) is 3.70. The third-order valence-corrected chi connectivity index (χ3v) is 4.72. The number of hydrogen-bond acceptors (Lipinski definition) is 4. The predicted octanol–water partition coefficient (Wildman–Crippen LogP) is -0.260. The molecular formula is C15H28N4O3. The average molecular weight is 312 g/mol. The van der Waals surface area contributed by atoms with E-state index in [1.54, 1.807) is 4.90 Å². The van der Waals surface area contributed by atoms with E-state index < -0.39 is 18.7 Å². The number of primary amides is 1. The molecule has 0 aromatic heterocycles. The third kappa shape index (κ3) is 4.84. The van der Waals surface area contributed by atoms with Gasteiger partial charge in [-0.3, -0.25) is 9.69 Å². The van der Waals surface area contributed by atoms with Gasteiger partial charge in [-0.15, -0.1) is 0 Å². The van der Waals surface area contributed by atoms with Crippen molar-refractivity contribution in [1.82, 2.24) is 15.1 Å². The maximum Gasteiger partial charge on any atom is 0.312 e. The summed E-state index contributed by atoms with van der Waals surface area (Å²) in [5, 5.41) is 11.5. The lowest BCUT2D eigenvalue weighted by Crippen LogP contribution is -2.57. The summed E-state index contributed by atoms with van der Waals surface area (Å²) in [6.07, 6.45) is 6.72. The van der Waals surface area contributed by atoms with Gasteiger partial charge in [0.15, 0.2) is 0 Å². The van der Waals surface area contributed by atoms with Crippen LogP contribution in [0, 0.1) is 5.92 Å². The molecule has 2 rings (SSSR count). The van der Waals surface area contributed by atoms with Gasteiger partial charge in [-0.1, -0.05) is 19.3 Å². The van der Waals surface area contributed by atoms with Crippen molar-refractivity contribution < 1.29 is 14.7 Å². The van der Waals surface area contributed by atoms with Crippen molar-refractivity contribution in [3.05, 3.63) is 0 Å². The van der Waals surface area contributed by atoms with E-state index in [-0.39, 0.29) is 5.91 Å². The Morgan fingerprint density at radius 2 is 1.77 bits per heavy atom. The van der Waals surface area contributed by atoms with Gasteiger partial charge in [0.25, 0.3) is 0 Å². The molecule has 4 N–H and O–H groups in total.